The third kappa shape index (κ3) is 1.10. The largest absolute Gasteiger partial charge is 0.384 e. The first-order valence-corrected chi connectivity index (χ1v) is 4.06. The van der Waals surface area contributed by atoms with Gasteiger partial charge in [0.05, 0.1) is 5.69 Å². The topological polar surface area (TPSA) is 33.1 Å². The van der Waals surface area contributed by atoms with Crippen molar-refractivity contribution in [2.24, 2.45) is 0 Å². The van der Waals surface area contributed by atoms with Crippen molar-refractivity contribution in [2.45, 2.75) is 24.9 Å². The lowest BCUT2D eigenvalue weighted by atomic mass is 9.77. The number of aliphatic hydroxyl groups is 1. The zero-order valence-corrected chi connectivity index (χ0v) is 6.63. The fourth-order valence-electron chi connectivity index (χ4n) is 1.44. The van der Waals surface area contributed by atoms with Crippen LogP contribution >= 0.6 is 0 Å². The fraction of sp³-hybridized carbons (Fsp3) is 0.444. The Morgan fingerprint density at radius 1 is 1.42 bits per heavy atom. The van der Waals surface area contributed by atoms with Crippen molar-refractivity contribution in [3.63, 3.8) is 0 Å². The average molecular weight is 167 g/mol. The molecule has 0 amide bonds. The molecular weight excluding hydrogens is 157 g/mol. The normalized spacial score (nSPS) is 20.2. The molecule has 0 bridgehead atoms. The SMILES string of the molecule is OC1(c2cccc(F)n2)CCC1. The van der Waals surface area contributed by atoms with Gasteiger partial charge in [0.1, 0.15) is 5.60 Å². The van der Waals surface area contributed by atoms with E-state index >= 15 is 0 Å². The maximum absolute atomic E-state index is 12.6. The van der Waals surface area contributed by atoms with Crippen LogP contribution in [0.5, 0.6) is 0 Å². The zero-order valence-electron chi connectivity index (χ0n) is 6.63. The van der Waals surface area contributed by atoms with Gasteiger partial charge >= 0.3 is 0 Å². The molecule has 0 aliphatic heterocycles. The van der Waals surface area contributed by atoms with Gasteiger partial charge < -0.3 is 5.11 Å². The van der Waals surface area contributed by atoms with Gasteiger partial charge in [0.15, 0.2) is 0 Å². The molecule has 0 aromatic carbocycles. The first kappa shape index (κ1) is 7.68. The van der Waals surface area contributed by atoms with E-state index in [0.29, 0.717) is 18.5 Å². The summed E-state index contributed by atoms with van der Waals surface area (Å²) < 4.78 is 12.6. The van der Waals surface area contributed by atoms with Crippen LogP contribution < -0.4 is 0 Å². The molecule has 2 nitrogen and oxygen atoms in total. The van der Waals surface area contributed by atoms with E-state index in [9.17, 15) is 9.50 Å². The Morgan fingerprint density at radius 3 is 2.67 bits per heavy atom. The van der Waals surface area contributed by atoms with E-state index in [1.807, 2.05) is 0 Å². The Bertz CT molecular complexity index is 296. The molecule has 0 atom stereocenters. The van der Waals surface area contributed by atoms with Gasteiger partial charge in [0, 0.05) is 0 Å². The highest BCUT2D eigenvalue weighted by atomic mass is 19.1. The van der Waals surface area contributed by atoms with Crippen molar-refractivity contribution in [2.75, 3.05) is 0 Å². The van der Waals surface area contributed by atoms with Crippen LogP contribution in [0.4, 0.5) is 4.39 Å². The maximum Gasteiger partial charge on any atom is 0.213 e. The van der Waals surface area contributed by atoms with E-state index in [1.54, 1.807) is 12.1 Å². The highest BCUT2D eigenvalue weighted by Crippen LogP contribution is 2.39. The van der Waals surface area contributed by atoms with Gasteiger partial charge in [-0.25, -0.2) is 4.98 Å². The van der Waals surface area contributed by atoms with E-state index in [2.05, 4.69) is 4.98 Å². The van der Waals surface area contributed by atoms with E-state index < -0.39 is 11.5 Å². The standard InChI is InChI=1S/C9H10FNO/c10-8-4-1-3-7(11-8)9(12)5-2-6-9/h1,3-4,12H,2,5-6H2. The van der Waals surface area contributed by atoms with E-state index in [1.165, 1.54) is 6.07 Å². The third-order valence-electron chi connectivity index (χ3n) is 2.37. The number of hydrogen-bond donors (Lipinski definition) is 1. The van der Waals surface area contributed by atoms with Crippen LogP contribution in [0.2, 0.25) is 0 Å². The van der Waals surface area contributed by atoms with Crippen LogP contribution in [-0.2, 0) is 5.60 Å². The second-order valence-corrected chi connectivity index (χ2v) is 3.23. The molecule has 0 saturated heterocycles. The maximum atomic E-state index is 12.6. The summed E-state index contributed by atoms with van der Waals surface area (Å²) in [5, 5.41) is 9.78. The highest BCUT2D eigenvalue weighted by molar-refractivity contribution is 5.16. The van der Waals surface area contributed by atoms with Crippen LogP contribution in [0.25, 0.3) is 0 Å². The molecule has 2 rings (SSSR count). The Kier molecular flexibility index (Phi) is 1.61. The van der Waals surface area contributed by atoms with Gasteiger partial charge in [0.2, 0.25) is 5.95 Å². The Morgan fingerprint density at radius 2 is 2.17 bits per heavy atom. The monoisotopic (exact) mass is 167 g/mol. The van der Waals surface area contributed by atoms with Gasteiger partial charge in [-0.15, -0.1) is 0 Å². The molecule has 1 aromatic heterocycles. The second kappa shape index (κ2) is 2.52. The highest BCUT2D eigenvalue weighted by Gasteiger charge is 2.37. The number of nitrogens with zero attached hydrogens (tertiary/aromatic N) is 1. The Balaban J connectivity index is 2.33. The lowest BCUT2D eigenvalue weighted by Crippen LogP contribution is -2.34. The number of aromatic nitrogens is 1. The predicted octanol–water partition coefficient (Wildman–Crippen LogP) is 1.59. The van der Waals surface area contributed by atoms with E-state index in [-0.39, 0.29) is 0 Å². The summed E-state index contributed by atoms with van der Waals surface area (Å²) >= 11 is 0. The molecule has 0 unspecified atom stereocenters. The first-order valence-electron chi connectivity index (χ1n) is 4.06. The van der Waals surface area contributed by atoms with Crippen molar-refractivity contribution >= 4 is 0 Å². The summed E-state index contributed by atoms with van der Waals surface area (Å²) in [6.45, 7) is 0. The molecule has 1 aliphatic carbocycles. The molecule has 64 valence electrons. The number of rotatable bonds is 1. The Labute approximate surface area is 70.1 Å². The molecule has 1 aromatic rings. The summed E-state index contributed by atoms with van der Waals surface area (Å²) in [6.07, 6.45) is 2.39. The van der Waals surface area contributed by atoms with Crippen molar-refractivity contribution < 1.29 is 9.50 Å². The quantitative estimate of drug-likeness (QED) is 0.644. The van der Waals surface area contributed by atoms with Crippen molar-refractivity contribution in [1.82, 2.24) is 4.98 Å². The minimum absolute atomic E-state index is 0.466. The van der Waals surface area contributed by atoms with E-state index in [4.69, 9.17) is 0 Å². The first-order chi connectivity index (χ1) is 5.71. The molecular formula is C9H10FNO. The van der Waals surface area contributed by atoms with Crippen LogP contribution in [0.3, 0.4) is 0 Å². The second-order valence-electron chi connectivity index (χ2n) is 3.23. The molecule has 0 spiro atoms. The van der Waals surface area contributed by atoms with Crippen LogP contribution in [0.1, 0.15) is 25.0 Å². The zero-order chi connectivity index (χ0) is 8.60. The lowest BCUT2D eigenvalue weighted by Gasteiger charge is -2.35. The molecule has 3 heteroatoms. The number of halogens is 1. The minimum atomic E-state index is -0.845. The van der Waals surface area contributed by atoms with Gasteiger partial charge in [-0.2, -0.15) is 4.39 Å². The number of pyridine rings is 1. The van der Waals surface area contributed by atoms with Gasteiger partial charge in [-0.1, -0.05) is 6.07 Å². The molecule has 1 fully saturated rings. The molecule has 1 aliphatic rings. The lowest BCUT2D eigenvalue weighted by molar-refractivity contribution is -0.0431. The number of hydrogen-bond acceptors (Lipinski definition) is 2. The van der Waals surface area contributed by atoms with Crippen molar-refractivity contribution in [1.29, 1.82) is 0 Å². The van der Waals surface area contributed by atoms with Crippen LogP contribution in [-0.4, -0.2) is 10.1 Å². The van der Waals surface area contributed by atoms with E-state index in [0.717, 1.165) is 6.42 Å². The molecule has 1 N–H and O–H groups in total. The van der Waals surface area contributed by atoms with Crippen molar-refractivity contribution in [3.8, 4) is 0 Å². The van der Waals surface area contributed by atoms with Gasteiger partial charge in [-0.3, -0.25) is 0 Å². The third-order valence-corrected chi connectivity index (χ3v) is 2.37. The summed E-state index contributed by atoms with van der Waals surface area (Å²) in [5.41, 5.74) is -0.379. The Hall–Kier alpha value is -0.960. The molecule has 0 radical (unpaired) electrons. The van der Waals surface area contributed by atoms with Crippen LogP contribution in [0.15, 0.2) is 18.2 Å². The van der Waals surface area contributed by atoms with Crippen molar-refractivity contribution in [3.05, 3.63) is 29.8 Å². The summed E-state index contributed by atoms with van der Waals surface area (Å²) in [6, 6.07) is 4.53. The smallest absolute Gasteiger partial charge is 0.213 e. The predicted molar refractivity (Wildman–Crippen MR) is 41.9 cm³/mol. The summed E-state index contributed by atoms with van der Waals surface area (Å²) in [5.74, 6) is -0.521. The fourth-order valence-corrected chi connectivity index (χ4v) is 1.44. The average Bonchev–Trinajstić information content (AvgIpc) is 2.00. The molecule has 1 heterocycles. The summed E-state index contributed by atoms with van der Waals surface area (Å²) in [7, 11) is 0. The van der Waals surface area contributed by atoms with Crippen LogP contribution in [0, 0.1) is 5.95 Å². The van der Waals surface area contributed by atoms with Gasteiger partial charge in [0.25, 0.3) is 0 Å². The minimum Gasteiger partial charge on any atom is -0.384 e. The summed E-state index contributed by atoms with van der Waals surface area (Å²) in [4.78, 5) is 3.65. The molecule has 1 saturated carbocycles. The van der Waals surface area contributed by atoms with Gasteiger partial charge in [-0.05, 0) is 31.4 Å². The molecule has 12 heavy (non-hydrogen) atoms.